The van der Waals surface area contributed by atoms with E-state index in [1.54, 1.807) is 17.8 Å². The van der Waals surface area contributed by atoms with Gasteiger partial charge in [-0.25, -0.2) is 23.9 Å². The number of nitrogens with one attached hydrogen (secondary N) is 2. The van der Waals surface area contributed by atoms with Crippen molar-refractivity contribution in [3.8, 4) is 17.2 Å². The number of aromatic nitrogens is 5. The zero-order valence-electron chi connectivity index (χ0n) is 30.8. The van der Waals surface area contributed by atoms with E-state index in [0.29, 0.717) is 57.0 Å². The number of ether oxygens (including phenoxy) is 3. The Balaban J connectivity index is 1.09. The van der Waals surface area contributed by atoms with Crippen LogP contribution in [-0.2, 0) is 9.53 Å². The van der Waals surface area contributed by atoms with E-state index in [0.717, 1.165) is 82.9 Å². The molecule has 14 nitrogen and oxygen atoms in total. The van der Waals surface area contributed by atoms with Gasteiger partial charge in [-0.05, 0) is 82.1 Å². The van der Waals surface area contributed by atoms with E-state index in [1.807, 2.05) is 50.4 Å². The summed E-state index contributed by atoms with van der Waals surface area (Å²) in [5, 5.41) is 11.1. The number of likely N-dealkylation sites (tertiary alicyclic amines) is 1. The van der Waals surface area contributed by atoms with Gasteiger partial charge in [-0.15, -0.1) is 0 Å². The number of halogens is 1. The smallest absolute Gasteiger partial charge is 0.284 e. The summed E-state index contributed by atoms with van der Waals surface area (Å²) in [6.45, 7) is 7.80. The molecule has 0 radical (unpaired) electrons. The van der Waals surface area contributed by atoms with Crippen molar-refractivity contribution in [1.82, 2.24) is 34.4 Å². The average Bonchev–Trinajstić information content (AvgIpc) is 3.84. The molecule has 0 spiro atoms. The molecule has 0 aliphatic carbocycles. The topological polar surface area (TPSA) is 135 Å². The summed E-state index contributed by atoms with van der Waals surface area (Å²) in [7, 11) is 3.54. The Kier molecular flexibility index (Phi) is 10.3. The number of carbonyl (C=O) groups excluding carboxylic acids is 1. The van der Waals surface area contributed by atoms with Crippen molar-refractivity contribution in [2.24, 2.45) is 0 Å². The molecule has 282 valence electrons. The number of rotatable bonds is 10. The minimum Gasteiger partial charge on any atom is -0.494 e. The first-order valence-electron chi connectivity index (χ1n) is 18.5. The largest absolute Gasteiger partial charge is 0.494 e. The number of fused-ring (bicyclic) bond motifs is 2. The maximum Gasteiger partial charge on any atom is 0.284 e. The number of hydrogen-bond acceptors (Lipinski definition) is 12. The summed E-state index contributed by atoms with van der Waals surface area (Å²) >= 11 is 0. The maximum atomic E-state index is 15.5. The molecule has 3 saturated heterocycles. The second kappa shape index (κ2) is 15.5. The number of methoxy groups -OCH3 is 1. The van der Waals surface area contributed by atoms with E-state index in [2.05, 4.69) is 45.4 Å². The fourth-order valence-corrected chi connectivity index (χ4v) is 7.70. The molecule has 5 aromatic rings. The van der Waals surface area contributed by atoms with Crippen LogP contribution < -0.4 is 25.0 Å². The van der Waals surface area contributed by atoms with Crippen LogP contribution in [0, 0.1) is 6.92 Å². The molecule has 3 aromatic heterocycles. The third kappa shape index (κ3) is 7.52. The van der Waals surface area contributed by atoms with Gasteiger partial charge in [-0.2, -0.15) is 5.10 Å². The Morgan fingerprint density at radius 1 is 0.963 bits per heavy atom. The Morgan fingerprint density at radius 2 is 1.80 bits per heavy atom. The van der Waals surface area contributed by atoms with Gasteiger partial charge >= 0.3 is 0 Å². The van der Waals surface area contributed by atoms with E-state index in [1.165, 1.54) is 18.7 Å². The zero-order valence-corrected chi connectivity index (χ0v) is 30.8. The van der Waals surface area contributed by atoms with Crippen LogP contribution in [0.2, 0.25) is 0 Å². The highest BCUT2D eigenvalue weighted by molar-refractivity contribution is 6.07. The van der Waals surface area contributed by atoms with Crippen LogP contribution in [0.1, 0.15) is 31.2 Å². The molecule has 3 aliphatic rings. The molecule has 6 heterocycles. The number of morpholine rings is 1. The van der Waals surface area contributed by atoms with Crippen molar-refractivity contribution in [2.45, 2.75) is 44.7 Å². The van der Waals surface area contributed by atoms with Gasteiger partial charge in [-0.3, -0.25) is 14.6 Å². The summed E-state index contributed by atoms with van der Waals surface area (Å²) in [5.41, 5.74) is 4.15. The minimum atomic E-state index is -0.794. The first kappa shape index (κ1) is 35.6. The highest BCUT2D eigenvalue weighted by Gasteiger charge is 2.28. The van der Waals surface area contributed by atoms with Gasteiger partial charge in [0.25, 0.3) is 5.91 Å². The van der Waals surface area contributed by atoms with Crippen LogP contribution in [0.3, 0.4) is 0 Å². The van der Waals surface area contributed by atoms with Crippen LogP contribution in [0.25, 0.3) is 16.6 Å². The van der Waals surface area contributed by atoms with Gasteiger partial charge in [0.1, 0.15) is 35.7 Å². The fraction of sp³-hybridized carbons (Fsp3) is 0.410. The van der Waals surface area contributed by atoms with E-state index >= 15 is 4.39 Å². The van der Waals surface area contributed by atoms with Crippen LogP contribution in [0.4, 0.5) is 27.3 Å². The number of pyridine rings is 1. The van der Waals surface area contributed by atoms with Crippen LogP contribution in [0.15, 0.2) is 67.2 Å². The SMILES string of the molecule is COc1cc(Oc2ccn3ncnc3c2)c(C)cc1Nc1ncnc2cc(N3CCC(N4CCOCC4)CC3)c(NC(=O)/C(F)=C\C3CCCN3C)cc12. The third-order valence-corrected chi connectivity index (χ3v) is 10.7. The lowest BCUT2D eigenvalue weighted by atomic mass is 10.0. The quantitative estimate of drug-likeness (QED) is 0.170. The fourth-order valence-electron chi connectivity index (χ4n) is 7.70. The van der Waals surface area contributed by atoms with Crippen LogP contribution in [0.5, 0.6) is 17.2 Å². The lowest BCUT2D eigenvalue weighted by Crippen LogP contribution is -2.49. The number of nitrogens with zero attached hydrogens (tertiary/aromatic N) is 8. The molecular weight excluding hydrogens is 691 g/mol. The summed E-state index contributed by atoms with van der Waals surface area (Å²) in [6.07, 6.45) is 9.95. The zero-order chi connectivity index (χ0) is 37.2. The Labute approximate surface area is 312 Å². The number of hydrogen-bond donors (Lipinski definition) is 2. The van der Waals surface area contributed by atoms with Crippen molar-refractivity contribution < 1.29 is 23.4 Å². The molecule has 2 aromatic carbocycles. The summed E-state index contributed by atoms with van der Waals surface area (Å²) in [5.74, 6) is 0.683. The number of carbonyl (C=O) groups is 1. The van der Waals surface area contributed by atoms with Crippen molar-refractivity contribution in [3.05, 3.63) is 72.7 Å². The summed E-state index contributed by atoms with van der Waals surface area (Å²) in [4.78, 5) is 33.8. The first-order valence-corrected chi connectivity index (χ1v) is 18.5. The molecule has 1 amide bonds. The average molecular weight is 737 g/mol. The number of benzene rings is 2. The number of anilines is 4. The molecule has 2 N–H and O–H groups in total. The van der Waals surface area contributed by atoms with Crippen LogP contribution in [-0.4, -0.2) is 112 Å². The normalized spacial score (nSPS) is 19.1. The van der Waals surface area contributed by atoms with E-state index in [4.69, 9.17) is 14.2 Å². The van der Waals surface area contributed by atoms with Crippen molar-refractivity contribution in [3.63, 3.8) is 0 Å². The maximum absolute atomic E-state index is 15.5. The highest BCUT2D eigenvalue weighted by Crippen LogP contribution is 2.40. The molecule has 15 heteroatoms. The number of aryl methyl sites for hydroxylation is 1. The minimum absolute atomic E-state index is 0.108. The molecular formula is C39H45FN10O4. The Bertz CT molecular complexity index is 2180. The monoisotopic (exact) mass is 736 g/mol. The predicted molar refractivity (Wildman–Crippen MR) is 205 cm³/mol. The van der Waals surface area contributed by atoms with E-state index in [9.17, 15) is 4.79 Å². The standard InChI is InChI=1S/C39H45FN10O4/c1-25-17-33(36(52-3)22-35(25)54-28-8-12-50-37(19-28)42-24-44-50)45-38-29-20-32(46-39(51)30(40)18-27-5-4-9-47(27)2)34(21-31(29)41-23-43-38)49-10-6-26(7-11-49)48-13-15-53-16-14-48/h8,12,17-24,26-27H,4-7,9-11,13-16H2,1-3H3,(H,46,51)(H,41,43,45)/b30-18+. The molecule has 8 rings (SSSR count). The number of likely N-dealkylation sites (N-methyl/N-ethyl adjacent to an activating group) is 1. The molecule has 3 fully saturated rings. The van der Waals surface area contributed by atoms with Crippen molar-refractivity contribution in [1.29, 1.82) is 0 Å². The Hall–Kier alpha value is -5.38. The summed E-state index contributed by atoms with van der Waals surface area (Å²) < 4.78 is 34.8. The Morgan fingerprint density at radius 3 is 2.57 bits per heavy atom. The second-order valence-electron chi connectivity index (χ2n) is 14.1. The lowest BCUT2D eigenvalue weighted by Gasteiger charge is -2.41. The molecule has 1 atom stereocenters. The molecule has 0 saturated carbocycles. The predicted octanol–water partition coefficient (Wildman–Crippen LogP) is 5.71. The third-order valence-electron chi connectivity index (χ3n) is 10.7. The van der Waals surface area contributed by atoms with Crippen molar-refractivity contribution >= 4 is 45.3 Å². The number of amides is 1. The second-order valence-corrected chi connectivity index (χ2v) is 14.1. The van der Waals surface area contributed by atoms with E-state index < -0.39 is 11.7 Å². The number of piperidine rings is 1. The van der Waals surface area contributed by atoms with Gasteiger partial charge in [0, 0.05) is 62.0 Å². The highest BCUT2D eigenvalue weighted by atomic mass is 19.1. The van der Waals surface area contributed by atoms with Gasteiger partial charge < -0.3 is 29.7 Å². The molecule has 54 heavy (non-hydrogen) atoms. The van der Waals surface area contributed by atoms with Gasteiger partial charge in [0.05, 0.1) is 42.9 Å². The van der Waals surface area contributed by atoms with Crippen LogP contribution >= 0.6 is 0 Å². The molecule has 0 bridgehead atoms. The first-order chi connectivity index (χ1) is 26.3. The lowest BCUT2D eigenvalue weighted by molar-refractivity contribution is -0.114. The summed E-state index contributed by atoms with van der Waals surface area (Å²) in [6, 6.07) is 11.5. The van der Waals surface area contributed by atoms with Gasteiger partial charge in [0.15, 0.2) is 11.5 Å². The van der Waals surface area contributed by atoms with Gasteiger partial charge in [-0.1, -0.05) is 0 Å². The molecule has 1 unspecified atom stereocenters. The molecule has 3 aliphatic heterocycles. The van der Waals surface area contributed by atoms with E-state index in [-0.39, 0.29) is 6.04 Å². The van der Waals surface area contributed by atoms with Crippen molar-refractivity contribution in [2.75, 3.05) is 75.6 Å². The van der Waals surface area contributed by atoms with Gasteiger partial charge in [0.2, 0.25) is 0 Å².